The van der Waals surface area contributed by atoms with Crippen LogP contribution in [0.4, 0.5) is 0 Å². The highest BCUT2D eigenvalue weighted by molar-refractivity contribution is 5.97. The molecule has 0 aromatic heterocycles. The molecule has 1 aliphatic heterocycles. The minimum absolute atomic E-state index is 0.0857. The van der Waals surface area contributed by atoms with Crippen LogP contribution in [0.5, 0.6) is 5.75 Å². The number of para-hydroxylation sites is 1. The van der Waals surface area contributed by atoms with Gasteiger partial charge in [-0.05, 0) is 41.7 Å². The third-order valence-corrected chi connectivity index (χ3v) is 5.76. The van der Waals surface area contributed by atoms with Crippen LogP contribution in [-0.4, -0.2) is 48.1 Å². The largest absolute Gasteiger partial charge is 0.488 e. The highest BCUT2D eigenvalue weighted by Gasteiger charge is 2.30. The summed E-state index contributed by atoms with van der Waals surface area (Å²) in [6, 6.07) is 15.4. The van der Waals surface area contributed by atoms with Crippen LogP contribution in [-0.2, 0) is 13.0 Å². The van der Waals surface area contributed by atoms with Gasteiger partial charge in [0, 0.05) is 26.2 Å². The third kappa shape index (κ3) is 5.87. The van der Waals surface area contributed by atoms with E-state index in [1.54, 1.807) is 12.1 Å². The summed E-state index contributed by atoms with van der Waals surface area (Å²) in [5, 5.41) is 16.8. The van der Waals surface area contributed by atoms with Gasteiger partial charge in [-0.25, -0.2) is 10.0 Å². The predicted octanol–water partition coefficient (Wildman–Crippen LogP) is 4.01. The average molecular weight is 435 g/mol. The molecule has 0 atom stereocenters. The van der Waals surface area contributed by atoms with Crippen molar-refractivity contribution in [3.8, 4) is 11.8 Å². The first-order chi connectivity index (χ1) is 15.4. The topological polar surface area (TPSA) is 68.6 Å². The van der Waals surface area contributed by atoms with E-state index in [9.17, 15) is 4.79 Å². The Morgan fingerprint density at radius 2 is 1.78 bits per heavy atom. The van der Waals surface area contributed by atoms with Gasteiger partial charge in [-0.15, -0.1) is 0 Å². The third-order valence-electron chi connectivity index (χ3n) is 5.76. The molecule has 1 amide bonds. The van der Waals surface area contributed by atoms with E-state index in [0.717, 1.165) is 43.7 Å². The lowest BCUT2D eigenvalue weighted by atomic mass is 9.99. The summed E-state index contributed by atoms with van der Waals surface area (Å²) in [6.45, 7) is 12.5. The smallest absolute Gasteiger partial charge is 0.255 e. The van der Waals surface area contributed by atoms with Crippen molar-refractivity contribution in [2.45, 2.75) is 46.8 Å². The lowest BCUT2D eigenvalue weighted by Crippen LogP contribution is -2.38. The molecule has 1 saturated heterocycles. The molecule has 2 aromatic rings. The van der Waals surface area contributed by atoms with Gasteiger partial charge in [-0.1, -0.05) is 52.0 Å². The number of amides is 1. The molecule has 0 saturated carbocycles. The molecule has 6 heteroatoms. The quantitative estimate of drug-likeness (QED) is 0.646. The van der Waals surface area contributed by atoms with Gasteiger partial charge in [0.05, 0.1) is 23.2 Å². The Morgan fingerprint density at radius 3 is 2.34 bits per heavy atom. The van der Waals surface area contributed by atoms with Gasteiger partial charge in [0.25, 0.3) is 5.91 Å². The molecule has 6 nitrogen and oxygen atoms in total. The summed E-state index contributed by atoms with van der Waals surface area (Å²) < 4.78 is 6.23. The number of nitrogens with zero attached hydrogens (tertiary/aromatic N) is 3. The SMILES string of the molecule is CCN1CC(NC(=O)c2cccc(CC(C)C)c2OCc2ccc(C#N)cc2)CN1CC. The van der Waals surface area contributed by atoms with Crippen LogP contribution in [0.2, 0.25) is 0 Å². The number of rotatable bonds is 9. The van der Waals surface area contributed by atoms with Crippen molar-refractivity contribution in [2.75, 3.05) is 26.2 Å². The first-order valence-electron chi connectivity index (χ1n) is 11.5. The van der Waals surface area contributed by atoms with Crippen LogP contribution in [0, 0.1) is 17.2 Å². The molecule has 1 fully saturated rings. The van der Waals surface area contributed by atoms with Crippen molar-refractivity contribution in [3.63, 3.8) is 0 Å². The van der Waals surface area contributed by atoms with E-state index in [1.165, 1.54) is 0 Å². The molecule has 0 radical (unpaired) electrons. The number of ether oxygens (including phenoxy) is 1. The molecule has 0 spiro atoms. The molecule has 0 unspecified atom stereocenters. The van der Waals surface area contributed by atoms with Crippen molar-refractivity contribution < 1.29 is 9.53 Å². The zero-order chi connectivity index (χ0) is 23.1. The zero-order valence-electron chi connectivity index (χ0n) is 19.6. The number of carbonyl (C=O) groups excluding carboxylic acids is 1. The standard InChI is InChI=1S/C26H34N4O2/c1-5-29-16-23(17-30(29)6-2)28-26(31)24-9-7-8-22(14-19(3)4)25(24)32-18-21-12-10-20(15-27)11-13-21/h7-13,19,23H,5-6,14,16-18H2,1-4H3,(H,28,31). The second-order valence-electron chi connectivity index (χ2n) is 8.67. The number of hydrogen-bond acceptors (Lipinski definition) is 5. The Morgan fingerprint density at radius 1 is 1.12 bits per heavy atom. The van der Waals surface area contributed by atoms with Gasteiger partial charge >= 0.3 is 0 Å². The number of hydrazine groups is 1. The van der Waals surface area contributed by atoms with Crippen LogP contribution in [0.1, 0.15) is 54.7 Å². The maximum absolute atomic E-state index is 13.3. The first-order valence-corrected chi connectivity index (χ1v) is 11.5. The molecule has 32 heavy (non-hydrogen) atoms. The van der Waals surface area contributed by atoms with E-state index in [2.05, 4.69) is 49.1 Å². The van der Waals surface area contributed by atoms with Gasteiger partial charge < -0.3 is 10.1 Å². The van der Waals surface area contributed by atoms with Crippen LogP contribution in [0.25, 0.3) is 0 Å². The van der Waals surface area contributed by atoms with Gasteiger partial charge in [0.1, 0.15) is 12.4 Å². The van der Waals surface area contributed by atoms with Crippen molar-refractivity contribution in [1.82, 2.24) is 15.3 Å². The molecule has 0 aliphatic carbocycles. The minimum atomic E-state index is -0.0931. The Balaban J connectivity index is 1.79. The van der Waals surface area contributed by atoms with E-state index < -0.39 is 0 Å². The Hall–Kier alpha value is -2.88. The molecule has 1 aliphatic rings. The van der Waals surface area contributed by atoms with E-state index >= 15 is 0 Å². The van der Waals surface area contributed by atoms with Crippen LogP contribution < -0.4 is 10.1 Å². The molecular formula is C26H34N4O2. The fraction of sp³-hybridized carbons (Fsp3) is 0.462. The number of benzene rings is 2. The lowest BCUT2D eigenvalue weighted by Gasteiger charge is -2.24. The Kier molecular flexibility index (Phi) is 8.26. The summed E-state index contributed by atoms with van der Waals surface area (Å²) in [6.07, 6.45) is 0.834. The van der Waals surface area contributed by atoms with E-state index in [0.29, 0.717) is 29.4 Å². The predicted molar refractivity (Wildman–Crippen MR) is 126 cm³/mol. The zero-order valence-corrected chi connectivity index (χ0v) is 19.6. The Bertz CT molecular complexity index is 937. The second kappa shape index (κ2) is 11.1. The fourth-order valence-electron chi connectivity index (χ4n) is 4.18. The molecule has 3 rings (SSSR count). The second-order valence-corrected chi connectivity index (χ2v) is 8.67. The highest BCUT2D eigenvalue weighted by Crippen LogP contribution is 2.28. The Labute approximate surface area is 191 Å². The molecule has 170 valence electrons. The molecule has 1 N–H and O–H groups in total. The summed E-state index contributed by atoms with van der Waals surface area (Å²) in [5.41, 5.74) is 3.20. The van der Waals surface area contributed by atoms with Gasteiger partial charge in [-0.2, -0.15) is 5.26 Å². The molecule has 1 heterocycles. The van der Waals surface area contributed by atoms with Crippen LogP contribution >= 0.6 is 0 Å². The maximum Gasteiger partial charge on any atom is 0.255 e. The highest BCUT2D eigenvalue weighted by atomic mass is 16.5. The van der Waals surface area contributed by atoms with Gasteiger partial charge in [-0.3, -0.25) is 4.79 Å². The van der Waals surface area contributed by atoms with Gasteiger partial charge in [0.2, 0.25) is 0 Å². The monoisotopic (exact) mass is 434 g/mol. The number of carbonyl (C=O) groups is 1. The average Bonchev–Trinajstić information content (AvgIpc) is 3.19. The van der Waals surface area contributed by atoms with E-state index in [-0.39, 0.29) is 11.9 Å². The van der Waals surface area contributed by atoms with Crippen molar-refractivity contribution in [2.24, 2.45) is 5.92 Å². The molecule has 0 bridgehead atoms. The summed E-state index contributed by atoms with van der Waals surface area (Å²) >= 11 is 0. The first kappa shape index (κ1) is 23.8. The van der Waals surface area contributed by atoms with E-state index in [4.69, 9.17) is 10.00 Å². The lowest BCUT2D eigenvalue weighted by molar-refractivity contribution is 0.0388. The summed E-state index contributed by atoms with van der Waals surface area (Å²) in [4.78, 5) is 13.3. The van der Waals surface area contributed by atoms with Crippen molar-refractivity contribution >= 4 is 5.91 Å². The van der Waals surface area contributed by atoms with Crippen LogP contribution in [0.15, 0.2) is 42.5 Å². The summed E-state index contributed by atoms with van der Waals surface area (Å²) in [5.74, 6) is 1.00. The number of hydrogen-bond donors (Lipinski definition) is 1. The number of nitriles is 1. The minimum Gasteiger partial charge on any atom is -0.488 e. The normalized spacial score (nSPS) is 15.1. The van der Waals surface area contributed by atoms with Crippen molar-refractivity contribution in [1.29, 1.82) is 5.26 Å². The maximum atomic E-state index is 13.3. The summed E-state index contributed by atoms with van der Waals surface area (Å²) in [7, 11) is 0. The fourth-order valence-corrected chi connectivity index (χ4v) is 4.18. The van der Waals surface area contributed by atoms with Crippen LogP contribution in [0.3, 0.4) is 0 Å². The molecular weight excluding hydrogens is 400 g/mol. The number of nitrogens with one attached hydrogen (secondary N) is 1. The molecule has 2 aromatic carbocycles. The van der Waals surface area contributed by atoms with E-state index in [1.807, 2.05) is 30.3 Å². The van der Waals surface area contributed by atoms with Crippen molar-refractivity contribution in [3.05, 3.63) is 64.7 Å². The van der Waals surface area contributed by atoms with Gasteiger partial charge in [0.15, 0.2) is 0 Å². The number of likely N-dealkylation sites (N-methyl/N-ethyl adjacent to an activating group) is 2.